The standard InChI is InChI=1S/C19H23ClN4O/c1-14(10-15-4-2-6-17(20)11-15)23-19(25)16-5-3-9-24(13-16)18-12-21-7-8-22-18/h2,4,6-8,11-12,14,16H,3,5,9-10,13H2,1H3,(H,23,25). The number of nitrogens with zero attached hydrogens (tertiary/aromatic N) is 3. The van der Waals surface area contributed by atoms with Gasteiger partial charge in [-0.25, -0.2) is 4.98 Å². The largest absolute Gasteiger partial charge is 0.355 e. The number of carbonyl (C=O) groups excluding carboxylic acids is 1. The number of amides is 1. The van der Waals surface area contributed by atoms with Crippen molar-refractivity contribution in [3.63, 3.8) is 0 Å². The summed E-state index contributed by atoms with van der Waals surface area (Å²) in [5.41, 5.74) is 1.13. The number of piperidine rings is 1. The Morgan fingerprint density at radius 2 is 2.32 bits per heavy atom. The molecular weight excluding hydrogens is 336 g/mol. The summed E-state index contributed by atoms with van der Waals surface area (Å²) in [6, 6.07) is 7.84. The van der Waals surface area contributed by atoms with Crippen LogP contribution in [0.2, 0.25) is 5.02 Å². The Balaban J connectivity index is 1.55. The molecule has 0 spiro atoms. The molecule has 1 aliphatic heterocycles. The van der Waals surface area contributed by atoms with Gasteiger partial charge in [0.25, 0.3) is 0 Å². The van der Waals surface area contributed by atoms with E-state index < -0.39 is 0 Å². The number of halogens is 1. The molecule has 1 aliphatic rings. The number of carbonyl (C=O) groups is 1. The van der Waals surface area contributed by atoms with Gasteiger partial charge < -0.3 is 10.2 Å². The molecule has 1 N–H and O–H groups in total. The Kier molecular flexibility index (Phi) is 5.87. The second-order valence-corrected chi connectivity index (χ2v) is 7.03. The van der Waals surface area contributed by atoms with Crippen molar-refractivity contribution >= 4 is 23.3 Å². The lowest BCUT2D eigenvalue weighted by Gasteiger charge is -2.33. The second kappa shape index (κ2) is 8.30. The number of rotatable bonds is 5. The fourth-order valence-electron chi connectivity index (χ4n) is 3.28. The lowest BCUT2D eigenvalue weighted by molar-refractivity contribution is -0.125. The predicted molar refractivity (Wildman–Crippen MR) is 99.7 cm³/mol. The van der Waals surface area contributed by atoms with Crippen molar-refractivity contribution in [1.29, 1.82) is 0 Å². The molecule has 0 aliphatic carbocycles. The molecule has 6 heteroatoms. The van der Waals surface area contributed by atoms with Gasteiger partial charge in [-0.1, -0.05) is 23.7 Å². The Hall–Kier alpha value is -2.14. The average molecular weight is 359 g/mol. The van der Waals surface area contributed by atoms with Crippen molar-refractivity contribution in [2.45, 2.75) is 32.2 Å². The van der Waals surface area contributed by atoms with Gasteiger partial charge in [-0.15, -0.1) is 0 Å². The van der Waals surface area contributed by atoms with Gasteiger partial charge in [0.2, 0.25) is 5.91 Å². The summed E-state index contributed by atoms with van der Waals surface area (Å²) in [7, 11) is 0. The Bertz CT molecular complexity index is 710. The maximum atomic E-state index is 12.6. The molecule has 25 heavy (non-hydrogen) atoms. The summed E-state index contributed by atoms with van der Waals surface area (Å²) in [5, 5.41) is 3.87. The SMILES string of the molecule is CC(Cc1cccc(Cl)c1)NC(=O)C1CCCN(c2cnccn2)C1. The van der Waals surface area contributed by atoms with Crippen LogP contribution >= 0.6 is 11.6 Å². The topological polar surface area (TPSA) is 58.1 Å². The highest BCUT2D eigenvalue weighted by molar-refractivity contribution is 6.30. The molecule has 1 fully saturated rings. The molecule has 2 heterocycles. The summed E-state index contributed by atoms with van der Waals surface area (Å²) in [6.45, 7) is 3.64. The quantitative estimate of drug-likeness (QED) is 0.892. The highest BCUT2D eigenvalue weighted by atomic mass is 35.5. The lowest BCUT2D eigenvalue weighted by atomic mass is 9.96. The van der Waals surface area contributed by atoms with Gasteiger partial charge in [0.05, 0.1) is 12.1 Å². The molecule has 0 saturated carbocycles. The highest BCUT2D eigenvalue weighted by Gasteiger charge is 2.27. The van der Waals surface area contributed by atoms with Crippen molar-refractivity contribution in [2.24, 2.45) is 5.92 Å². The molecule has 1 amide bonds. The van der Waals surface area contributed by atoms with E-state index in [9.17, 15) is 4.79 Å². The third-order valence-corrected chi connectivity index (χ3v) is 4.72. The molecule has 2 unspecified atom stereocenters. The average Bonchev–Trinajstić information content (AvgIpc) is 2.62. The third kappa shape index (κ3) is 4.92. The molecule has 3 rings (SSSR count). The van der Waals surface area contributed by atoms with E-state index in [-0.39, 0.29) is 17.9 Å². The van der Waals surface area contributed by atoms with Gasteiger partial charge in [0, 0.05) is 36.5 Å². The van der Waals surface area contributed by atoms with E-state index in [1.54, 1.807) is 18.6 Å². The van der Waals surface area contributed by atoms with E-state index in [1.807, 2.05) is 31.2 Å². The minimum absolute atomic E-state index is 0.0161. The zero-order valence-corrected chi connectivity index (χ0v) is 15.1. The molecule has 2 aromatic rings. The number of aromatic nitrogens is 2. The maximum Gasteiger partial charge on any atom is 0.225 e. The number of hydrogen-bond acceptors (Lipinski definition) is 4. The minimum atomic E-state index is -0.0161. The molecule has 1 aromatic heterocycles. The highest BCUT2D eigenvalue weighted by Crippen LogP contribution is 2.21. The van der Waals surface area contributed by atoms with Crippen LogP contribution in [0.4, 0.5) is 5.82 Å². The number of benzene rings is 1. The van der Waals surface area contributed by atoms with Crippen LogP contribution in [0.25, 0.3) is 0 Å². The van der Waals surface area contributed by atoms with Gasteiger partial charge in [-0.2, -0.15) is 0 Å². The summed E-state index contributed by atoms with van der Waals surface area (Å²) < 4.78 is 0. The molecular formula is C19H23ClN4O. The van der Waals surface area contributed by atoms with Crippen LogP contribution in [0.1, 0.15) is 25.3 Å². The van der Waals surface area contributed by atoms with E-state index >= 15 is 0 Å². The van der Waals surface area contributed by atoms with Gasteiger partial charge in [0.1, 0.15) is 5.82 Å². The smallest absolute Gasteiger partial charge is 0.225 e. The normalized spacial score (nSPS) is 18.6. The van der Waals surface area contributed by atoms with Gasteiger partial charge in [0.15, 0.2) is 0 Å². The molecule has 5 nitrogen and oxygen atoms in total. The van der Waals surface area contributed by atoms with E-state index in [2.05, 4.69) is 20.2 Å². The van der Waals surface area contributed by atoms with Crippen molar-refractivity contribution < 1.29 is 4.79 Å². The van der Waals surface area contributed by atoms with Crippen LogP contribution in [0.3, 0.4) is 0 Å². The van der Waals surface area contributed by atoms with Crippen LogP contribution < -0.4 is 10.2 Å². The van der Waals surface area contributed by atoms with Crippen LogP contribution in [0.5, 0.6) is 0 Å². The number of hydrogen-bond donors (Lipinski definition) is 1. The number of nitrogens with one attached hydrogen (secondary N) is 1. The van der Waals surface area contributed by atoms with Gasteiger partial charge >= 0.3 is 0 Å². The van der Waals surface area contributed by atoms with E-state index in [0.29, 0.717) is 6.54 Å². The van der Waals surface area contributed by atoms with Gasteiger partial charge in [-0.3, -0.25) is 9.78 Å². The Labute approximate surface area is 153 Å². The van der Waals surface area contributed by atoms with Crippen LogP contribution in [0.15, 0.2) is 42.9 Å². The Morgan fingerprint density at radius 3 is 3.08 bits per heavy atom. The van der Waals surface area contributed by atoms with Crippen molar-refractivity contribution in [3.05, 3.63) is 53.4 Å². The maximum absolute atomic E-state index is 12.6. The summed E-state index contributed by atoms with van der Waals surface area (Å²) in [6.07, 6.45) is 7.76. The molecule has 132 valence electrons. The van der Waals surface area contributed by atoms with Crippen LogP contribution in [-0.2, 0) is 11.2 Å². The summed E-state index contributed by atoms with van der Waals surface area (Å²) in [4.78, 5) is 23.2. The van der Waals surface area contributed by atoms with Crippen molar-refractivity contribution in [3.8, 4) is 0 Å². The predicted octanol–water partition coefficient (Wildman–Crippen LogP) is 3.09. The third-order valence-electron chi connectivity index (χ3n) is 4.49. The first-order valence-electron chi connectivity index (χ1n) is 8.67. The molecule has 2 atom stereocenters. The molecule has 1 saturated heterocycles. The zero-order valence-electron chi connectivity index (χ0n) is 14.4. The van der Waals surface area contributed by atoms with Crippen LogP contribution in [-0.4, -0.2) is 35.0 Å². The molecule has 0 bridgehead atoms. The summed E-state index contributed by atoms with van der Waals surface area (Å²) in [5.74, 6) is 0.938. The van der Waals surface area contributed by atoms with Crippen molar-refractivity contribution in [1.82, 2.24) is 15.3 Å². The van der Waals surface area contributed by atoms with E-state index in [1.165, 1.54) is 0 Å². The van der Waals surface area contributed by atoms with Gasteiger partial charge in [-0.05, 0) is 43.9 Å². The van der Waals surface area contributed by atoms with E-state index in [4.69, 9.17) is 11.6 Å². The second-order valence-electron chi connectivity index (χ2n) is 6.59. The number of anilines is 1. The molecule has 1 aromatic carbocycles. The first-order valence-corrected chi connectivity index (χ1v) is 9.05. The summed E-state index contributed by atoms with van der Waals surface area (Å²) >= 11 is 6.03. The first kappa shape index (κ1) is 17.7. The zero-order chi connectivity index (χ0) is 17.6. The Morgan fingerprint density at radius 1 is 1.44 bits per heavy atom. The fourth-order valence-corrected chi connectivity index (χ4v) is 3.50. The monoisotopic (exact) mass is 358 g/mol. The van der Waals surface area contributed by atoms with E-state index in [0.717, 1.165) is 42.2 Å². The van der Waals surface area contributed by atoms with Crippen molar-refractivity contribution in [2.75, 3.05) is 18.0 Å². The first-order chi connectivity index (χ1) is 12.1. The minimum Gasteiger partial charge on any atom is -0.355 e. The molecule has 0 radical (unpaired) electrons. The fraction of sp³-hybridized carbons (Fsp3) is 0.421. The lowest BCUT2D eigenvalue weighted by Crippen LogP contribution is -2.46. The van der Waals surface area contributed by atoms with Crippen LogP contribution in [0, 0.1) is 5.92 Å².